The monoisotopic (exact) mass is 400 g/mol. The third-order valence-electron chi connectivity index (χ3n) is 4.11. The molecule has 2 rings (SSSR count). The van der Waals surface area contributed by atoms with Gasteiger partial charge >= 0.3 is 17.9 Å². The summed E-state index contributed by atoms with van der Waals surface area (Å²) in [4.78, 5) is 46.4. The number of carbonyl (C=O) groups excluding carboxylic acids is 2. The number of aromatic carboxylic acids is 2. The zero-order valence-electron chi connectivity index (χ0n) is 15.8. The summed E-state index contributed by atoms with van der Waals surface area (Å²) in [7, 11) is 0. The Morgan fingerprint density at radius 2 is 1.45 bits per heavy atom. The lowest BCUT2D eigenvalue weighted by atomic mass is 9.96. The van der Waals surface area contributed by atoms with E-state index in [1.165, 1.54) is 13.8 Å². The van der Waals surface area contributed by atoms with Crippen molar-refractivity contribution in [3.8, 4) is 0 Å². The standard InChI is InChI=1S/C21H20O8/c1-21(2,28)17(22)13-5-3-12(4-6-13)9-10-29-20(27)15-8-7-14(18(23)24)11-16(15)19(25)26/h3-8,11,28H,9-10H2,1-2H3,(H,23,24)(H,25,26). The van der Waals surface area contributed by atoms with Gasteiger partial charge in [0.25, 0.3) is 0 Å². The zero-order valence-corrected chi connectivity index (χ0v) is 15.8. The predicted octanol–water partition coefficient (Wildman–Crippen LogP) is 2.44. The first kappa shape index (κ1) is 21.8. The Hall–Kier alpha value is -3.52. The van der Waals surface area contributed by atoms with E-state index in [0.717, 1.165) is 23.8 Å². The quantitative estimate of drug-likeness (QED) is 0.454. The molecular formula is C21H20O8. The maximum atomic E-state index is 12.2. The van der Waals surface area contributed by atoms with Crippen LogP contribution in [0.5, 0.6) is 0 Å². The zero-order chi connectivity index (χ0) is 21.8. The largest absolute Gasteiger partial charge is 0.478 e. The van der Waals surface area contributed by atoms with Crippen LogP contribution >= 0.6 is 0 Å². The van der Waals surface area contributed by atoms with Gasteiger partial charge in [0.1, 0.15) is 5.60 Å². The van der Waals surface area contributed by atoms with Crippen LogP contribution in [0, 0.1) is 0 Å². The van der Waals surface area contributed by atoms with E-state index in [1.54, 1.807) is 24.3 Å². The second kappa shape index (κ2) is 8.66. The minimum atomic E-state index is -1.48. The molecule has 0 unspecified atom stereocenters. The Morgan fingerprint density at radius 1 is 0.862 bits per heavy atom. The topological polar surface area (TPSA) is 138 Å². The number of hydrogen-bond acceptors (Lipinski definition) is 6. The minimum Gasteiger partial charge on any atom is -0.478 e. The number of carbonyl (C=O) groups is 4. The Balaban J connectivity index is 2.02. The maximum absolute atomic E-state index is 12.2. The van der Waals surface area contributed by atoms with Gasteiger partial charge in [-0.3, -0.25) is 4.79 Å². The minimum absolute atomic E-state index is 0.0443. The SMILES string of the molecule is CC(C)(O)C(=O)c1ccc(CCOC(=O)c2ccc(C(=O)O)cc2C(=O)O)cc1. The summed E-state index contributed by atoms with van der Waals surface area (Å²) in [6.07, 6.45) is 0.318. The first-order valence-electron chi connectivity index (χ1n) is 8.64. The van der Waals surface area contributed by atoms with Crippen LogP contribution in [0.15, 0.2) is 42.5 Å². The van der Waals surface area contributed by atoms with Gasteiger partial charge in [0.05, 0.1) is 23.3 Å². The van der Waals surface area contributed by atoms with Crippen LogP contribution < -0.4 is 0 Å². The molecular weight excluding hydrogens is 380 g/mol. The van der Waals surface area contributed by atoms with Gasteiger partial charge in [-0.2, -0.15) is 0 Å². The average molecular weight is 400 g/mol. The van der Waals surface area contributed by atoms with E-state index < -0.39 is 34.9 Å². The summed E-state index contributed by atoms with van der Waals surface area (Å²) in [5, 5.41) is 27.9. The molecule has 0 fully saturated rings. The van der Waals surface area contributed by atoms with Crippen molar-refractivity contribution in [3.05, 3.63) is 70.3 Å². The van der Waals surface area contributed by atoms with E-state index in [-0.39, 0.29) is 17.7 Å². The number of carboxylic acid groups (broad SMARTS) is 2. The van der Waals surface area contributed by atoms with Crippen molar-refractivity contribution in [2.75, 3.05) is 6.61 Å². The number of benzene rings is 2. The Labute approximate surface area is 166 Å². The van der Waals surface area contributed by atoms with Crippen molar-refractivity contribution in [1.82, 2.24) is 0 Å². The van der Waals surface area contributed by atoms with Crippen molar-refractivity contribution in [1.29, 1.82) is 0 Å². The molecule has 29 heavy (non-hydrogen) atoms. The average Bonchev–Trinajstić information content (AvgIpc) is 2.66. The fourth-order valence-corrected chi connectivity index (χ4v) is 2.55. The molecule has 0 amide bonds. The number of Topliss-reactive ketones (excluding diaryl/α,β-unsaturated/α-hetero) is 1. The summed E-state index contributed by atoms with van der Waals surface area (Å²) in [6.45, 7) is 2.76. The van der Waals surface area contributed by atoms with Gasteiger partial charge in [0.15, 0.2) is 5.78 Å². The molecule has 0 aromatic heterocycles. The number of hydrogen-bond donors (Lipinski definition) is 3. The van der Waals surface area contributed by atoms with Gasteiger partial charge < -0.3 is 20.1 Å². The molecule has 3 N–H and O–H groups in total. The Bertz CT molecular complexity index is 952. The van der Waals surface area contributed by atoms with Crippen molar-refractivity contribution < 1.29 is 39.2 Å². The Morgan fingerprint density at radius 3 is 1.97 bits per heavy atom. The molecule has 8 nitrogen and oxygen atoms in total. The molecule has 0 saturated carbocycles. The van der Waals surface area contributed by atoms with Crippen LogP contribution in [0.3, 0.4) is 0 Å². The van der Waals surface area contributed by atoms with Crippen molar-refractivity contribution >= 4 is 23.7 Å². The van der Waals surface area contributed by atoms with E-state index in [9.17, 15) is 29.4 Å². The molecule has 0 aliphatic heterocycles. The predicted molar refractivity (Wildman–Crippen MR) is 101 cm³/mol. The van der Waals surface area contributed by atoms with Crippen LogP contribution in [0.4, 0.5) is 0 Å². The van der Waals surface area contributed by atoms with Crippen molar-refractivity contribution in [2.24, 2.45) is 0 Å². The fraction of sp³-hybridized carbons (Fsp3) is 0.238. The molecule has 0 atom stereocenters. The molecule has 8 heteroatoms. The van der Waals surface area contributed by atoms with Gasteiger partial charge in [0.2, 0.25) is 0 Å². The second-order valence-corrected chi connectivity index (χ2v) is 6.84. The molecule has 0 heterocycles. The number of ketones is 1. The van der Waals surface area contributed by atoms with Gasteiger partial charge in [-0.15, -0.1) is 0 Å². The molecule has 0 saturated heterocycles. The van der Waals surface area contributed by atoms with E-state index in [2.05, 4.69) is 0 Å². The number of aliphatic hydroxyl groups is 1. The normalized spacial score (nSPS) is 11.0. The molecule has 0 radical (unpaired) electrons. The van der Waals surface area contributed by atoms with Crippen LogP contribution in [-0.4, -0.2) is 51.2 Å². The molecule has 2 aromatic carbocycles. The molecule has 152 valence electrons. The molecule has 0 bridgehead atoms. The van der Waals surface area contributed by atoms with Crippen LogP contribution in [0.2, 0.25) is 0 Å². The van der Waals surface area contributed by atoms with E-state index >= 15 is 0 Å². The van der Waals surface area contributed by atoms with E-state index in [0.29, 0.717) is 12.0 Å². The lowest BCUT2D eigenvalue weighted by Crippen LogP contribution is -2.31. The highest BCUT2D eigenvalue weighted by Gasteiger charge is 2.25. The smallest absolute Gasteiger partial charge is 0.339 e. The summed E-state index contributed by atoms with van der Waals surface area (Å²) in [5.74, 6) is -4.04. The van der Waals surface area contributed by atoms with E-state index in [4.69, 9.17) is 9.84 Å². The molecule has 0 aliphatic carbocycles. The number of ether oxygens (including phenoxy) is 1. The summed E-state index contributed by atoms with van der Waals surface area (Å²) in [6, 6.07) is 9.58. The molecule has 2 aromatic rings. The third-order valence-corrected chi connectivity index (χ3v) is 4.11. The summed E-state index contributed by atoms with van der Waals surface area (Å²) in [5.41, 5.74) is -1.31. The first-order valence-corrected chi connectivity index (χ1v) is 8.64. The van der Waals surface area contributed by atoms with Gasteiger partial charge in [-0.25, -0.2) is 14.4 Å². The van der Waals surface area contributed by atoms with Crippen LogP contribution in [-0.2, 0) is 11.2 Å². The maximum Gasteiger partial charge on any atom is 0.339 e. The molecule has 0 spiro atoms. The third kappa shape index (κ3) is 5.49. The van der Waals surface area contributed by atoms with Crippen molar-refractivity contribution in [2.45, 2.75) is 25.9 Å². The fourth-order valence-electron chi connectivity index (χ4n) is 2.55. The second-order valence-electron chi connectivity index (χ2n) is 6.84. The lowest BCUT2D eigenvalue weighted by Gasteiger charge is -2.15. The van der Waals surface area contributed by atoms with Gasteiger partial charge in [0, 0.05) is 12.0 Å². The number of rotatable bonds is 8. The highest BCUT2D eigenvalue weighted by molar-refractivity contribution is 6.04. The first-order chi connectivity index (χ1) is 13.5. The highest BCUT2D eigenvalue weighted by Crippen LogP contribution is 2.16. The van der Waals surface area contributed by atoms with E-state index in [1.807, 2.05) is 0 Å². The molecule has 0 aliphatic rings. The highest BCUT2D eigenvalue weighted by atomic mass is 16.5. The lowest BCUT2D eigenvalue weighted by molar-refractivity contribution is 0.0488. The van der Waals surface area contributed by atoms with Crippen LogP contribution in [0.1, 0.15) is 60.8 Å². The van der Waals surface area contributed by atoms with Crippen molar-refractivity contribution in [3.63, 3.8) is 0 Å². The summed E-state index contributed by atoms with van der Waals surface area (Å²) < 4.78 is 5.10. The van der Waals surface area contributed by atoms with Crippen LogP contribution in [0.25, 0.3) is 0 Å². The van der Waals surface area contributed by atoms with Gasteiger partial charge in [-0.05, 0) is 37.6 Å². The summed E-state index contributed by atoms with van der Waals surface area (Å²) >= 11 is 0. The van der Waals surface area contributed by atoms with Gasteiger partial charge in [-0.1, -0.05) is 24.3 Å². The Kier molecular flexibility index (Phi) is 6.50. The number of carboxylic acids is 2. The number of esters is 1.